The molecule has 3 fully saturated rings. The first-order valence-corrected chi connectivity index (χ1v) is 13.2. The van der Waals surface area contributed by atoms with Gasteiger partial charge in [0.15, 0.2) is 5.82 Å². The van der Waals surface area contributed by atoms with E-state index in [1.807, 2.05) is 42.3 Å². The van der Waals surface area contributed by atoms with Crippen LogP contribution >= 0.6 is 0 Å². The Morgan fingerprint density at radius 3 is 2.81 bits per heavy atom. The molecule has 184 valence electrons. The first-order chi connectivity index (χ1) is 18.0. The molecule has 3 aliphatic carbocycles. The van der Waals surface area contributed by atoms with E-state index >= 15 is 0 Å². The van der Waals surface area contributed by atoms with Crippen LogP contribution in [0.15, 0.2) is 48.2 Å². The van der Waals surface area contributed by atoms with Crippen LogP contribution in [0.2, 0.25) is 0 Å². The van der Waals surface area contributed by atoms with Crippen molar-refractivity contribution in [2.75, 3.05) is 7.11 Å². The number of aromatic nitrogens is 3. The Labute approximate surface area is 214 Å². The van der Waals surface area contributed by atoms with Crippen molar-refractivity contribution < 1.29 is 9.53 Å². The summed E-state index contributed by atoms with van der Waals surface area (Å²) in [5, 5.41) is 10.5. The first kappa shape index (κ1) is 21.1. The van der Waals surface area contributed by atoms with Gasteiger partial charge in [-0.1, -0.05) is 0 Å². The summed E-state index contributed by atoms with van der Waals surface area (Å²) in [7, 11) is 3.66. The van der Waals surface area contributed by atoms with E-state index in [-0.39, 0.29) is 5.91 Å². The third-order valence-electron chi connectivity index (χ3n) is 9.09. The van der Waals surface area contributed by atoms with Crippen molar-refractivity contribution in [2.24, 2.45) is 24.8 Å². The second kappa shape index (κ2) is 7.25. The van der Waals surface area contributed by atoms with Gasteiger partial charge in [0.1, 0.15) is 11.3 Å². The predicted octanol–water partition coefficient (Wildman–Crippen LogP) is 5.23. The van der Waals surface area contributed by atoms with E-state index in [1.54, 1.807) is 7.11 Å². The molecule has 4 aromatic rings. The number of carbonyl (C=O) groups excluding carboxylic acids is 1. The highest BCUT2D eigenvalue weighted by Gasteiger charge is 2.57. The van der Waals surface area contributed by atoms with Crippen molar-refractivity contribution >= 4 is 27.8 Å². The molecular formula is C30H27N5O2. The molecule has 2 unspecified atom stereocenters. The van der Waals surface area contributed by atoms with Crippen LogP contribution < -0.4 is 4.74 Å². The highest BCUT2D eigenvalue weighted by atomic mass is 16.5. The summed E-state index contributed by atoms with van der Waals surface area (Å²) in [6.45, 7) is 0.933. The monoisotopic (exact) mass is 489 g/mol. The fourth-order valence-corrected chi connectivity index (χ4v) is 6.92. The Balaban J connectivity index is 1.26. The van der Waals surface area contributed by atoms with Crippen LogP contribution in [0, 0.1) is 29.1 Å². The minimum atomic E-state index is 0.0321. The van der Waals surface area contributed by atoms with Crippen LogP contribution in [0.3, 0.4) is 0 Å². The van der Waals surface area contributed by atoms with Crippen LogP contribution in [0.1, 0.15) is 41.6 Å². The van der Waals surface area contributed by atoms with Crippen molar-refractivity contribution in [3.05, 3.63) is 59.3 Å². The summed E-state index contributed by atoms with van der Waals surface area (Å²) >= 11 is 0. The lowest BCUT2D eigenvalue weighted by molar-refractivity contribution is 0.0327. The minimum absolute atomic E-state index is 0.0321. The van der Waals surface area contributed by atoms with Crippen molar-refractivity contribution in [2.45, 2.75) is 38.3 Å². The van der Waals surface area contributed by atoms with Crippen LogP contribution in [-0.2, 0) is 13.6 Å². The maximum absolute atomic E-state index is 13.6. The molecule has 7 nitrogen and oxygen atoms in total. The van der Waals surface area contributed by atoms with E-state index in [1.165, 1.54) is 18.4 Å². The van der Waals surface area contributed by atoms with Crippen molar-refractivity contribution in [3.8, 4) is 23.3 Å². The average Bonchev–Trinajstić information content (AvgIpc) is 3.56. The molecule has 0 N–H and O–H groups in total. The zero-order chi connectivity index (χ0) is 25.0. The molecule has 2 aromatic heterocycles. The van der Waals surface area contributed by atoms with E-state index in [9.17, 15) is 10.1 Å². The number of imidazole rings is 1. The summed E-state index contributed by atoms with van der Waals surface area (Å²) in [5.41, 5.74) is 6.47. The van der Waals surface area contributed by atoms with Crippen LogP contribution in [-0.4, -0.2) is 38.1 Å². The molecule has 0 spiro atoms. The Bertz CT molecular complexity index is 1730. The molecule has 3 atom stereocenters. The number of carbonyl (C=O) groups is 1. The molecule has 1 aliphatic heterocycles. The van der Waals surface area contributed by atoms with Gasteiger partial charge in [0.2, 0.25) is 0 Å². The predicted molar refractivity (Wildman–Crippen MR) is 140 cm³/mol. The molecule has 0 saturated heterocycles. The number of methoxy groups -OCH3 is 1. The number of fused-ring (bicyclic) bond motifs is 2. The smallest absolute Gasteiger partial charge is 0.258 e. The summed E-state index contributed by atoms with van der Waals surface area (Å²) in [6.07, 6.45) is 6.84. The van der Waals surface area contributed by atoms with Crippen molar-refractivity contribution in [3.63, 3.8) is 0 Å². The molecule has 3 heterocycles. The van der Waals surface area contributed by atoms with Gasteiger partial charge in [-0.25, -0.2) is 4.98 Å². The number of ether oxygens (including phenoxy) is 1. The van der Waals surface area contributed by atoms with E-state index < -0.39 is 0 Å². The number of nitrogens with zero attached hydrogens (tertiary/aromatic N) is 5. The highest BCUT2D eigenvalue weighted by molar-refractivity contribution is 6.01. The second-order valence-electron chi connectivity index (χ2n) is 11.2. The zero-order valence-corrected chi connectivity index (χ0v) is 20.9. The number of amides is 1. The minimum Gasteiger partial charge on any atom is -0.494 e. The fraction of sp³-hybridized carbons (Fsp3) is 0.367. The van der Waals surface area contributed by atoms with Gasteiger partial charge in [-0.3, -0.25) is 4.79 Å². The van der Waals surface area contributed by atoms with Crippen molar-refractivity contribution in [1.82, 2.24) is 19.0 Å². The van der Waals surface area contributed by atoms with Gasteiger partial charge in [-0.2, -0.15) is 5.26 Å². The molecule has 4 aliphatic rings. The summed E-state index contributed by atoms with van der Waals surface area (Å²) < 4.78 is 10.2. The van der Waals surface area contributed by atoms with E-state index in [4.69, 9.17) is 9.72 Å². The Morgan fingerprint density at radius 2 is 2.08 bits per heavy atom. The molecule has 2 aromatic carbocycles. The molecule has 0 radical (unpaired) electrons. The SMILES string of the molecule is COc1cc(C(=O)N2C=C3CC4CC2[C@@H]34)cc2nc(-c3cc4cc(C#N)ccc4n3CC3CC3)n(C)c12. The second-order valence-corrected chi connectivity index (χ2v) is 11.2. The lowest BCUT2D eigenvalue weighted by atomic mass is 9.55. The third kappa shape index (κ3) is 2.87. The van der Waals surface area contributed by atoms with Crippen LogP contribution in [0.25, 0.3) is 33.5 Å². The van der Waals surface area contributed by atoms with Gasteiger partial charge in [0, 0.05) is 48.2 Å². The van der Waals surface area contributed by atoms with Crippen LogP contribution in [0.5, 0.6) is 5.75 Å². The molecule has 3 saturated carbocycles. The summed E-state index contributed by atoms with van der Waals surface area (Å²) in [4.78, 5) is 20.6. The van der Waals surface area contributed by atoms with Gasteiger partial charge in [0.25, 0.3) is 5.91 Å². The zero-order valence-electron chi connectivity index (χ0n) is 20.9. The molecule has 7 heteroatoms. The maximum Gasteiger partial charge on any atom is 0.258 e. The number of aryl methyl sites for hydroxylation is 1. The maximum atomic E-state index is 13.6. The highest BCUT2D eigenvalue weighted by Crippen LogP contribution is 2.60. The van der Waals surface area contributed by atoms with E-state index in [2.05, 4.69) is 27.5 Å². The number of benzene rings is 2. The van der Waals surface area contributed by atoms with Crippen molar-refractivity contribution in [1.29, 1.82) is 5.26 Å². The van der Waals surface area contributed by atoms with Gasteiger partial charge >= 0.3 is 0 Å². The fourth-order valence-electron chi connectivity index (χ4n) is 6.92. The summed E-state index contributed by atoms with van der Waals surface area (Å²) in [6, 6.07) is 14.4. The molecule has 1 amide bonds. The van der Waals surface area contributed by atoms with Gasteiger partial charge in [-0.15, -0.1) is 0 Å². The van der Waals surface area contributed by atoms with E-state index in [0.29, 0.717) is 34.8 Å². The molecular weight excluding hydrogens is 462 g/mol. The molecule has 0 bridgehead atoms. The lowest BCUT2D eigenvalue weighted by Crippen LogP contribution is -2.53. The van der Waals surface area contributed by atoms with E-state index in [0.717, 1.165) is 58.8 Å². The molecule has 37 heavy (non-hydrogen) atoms. The topological polar surface area (TPSA) is 76.1 Å². The first-order valence-electron chi connectivity index (χ1n) is 13.2. The van der Waals surface area contributed by atoms with Gasteiger partial charge in [0.05, 0.1) is 30.0 Å². The average molecular weight is 490 g/mol. The van der Waals surface area contributed by atoms with Gasteiger partial charge < -0.3 is 18.8 Å². The standard InChI is InChI=1S/C30H27N5O2/c1-33-28-22(9-20(12-26(28)37-2)30(36)35-15-21-8-19-11-24(35)27(19)21)32-29(33)25-10-18-7-17(13-31)5-6-23(18)34(25)14-16-3-4-16/h5-7,9-10,12,15-16,19,24,27H,3-4,8,11,14H2,1-2H3/t19?,24?,27-/m1/s1. The number of nitriles is 1. The Morgan fingerprint density at radius 1 is 1.22 bits per heavy atom. The number of hydrogen-bond acceptors (Lipinski definition) is 4. The van der Waals surface area contributed by atoms with Gasteiger partial charge in [-0.05, 0) is 79.5 Å². The third-order valence-corrected chi connectivity index (χ3v) is 9.09. The Hall–Kier alpha value is -4.05. The normalized spacial score (nSPS) is 23.4. The number of rotatable bonds is 5. The largest absolute Gasteiger partial charge is 0.494 e. The van der Waals surface area contributed by atoms with Crippen LogP contribution in [0.4, 0.5) is 0 Å². The number of hydrogen-bond donors (Lipinski definition) is 0. The summed E-state index contributed by atoms with van der Waals surface area (Å²) in [5.74, 6) is 3.58. The molecule has 8 rings (SSSR count). The Kier molecular flexibility index (Phi) is 4.13. The lowest BCUT2D eigenvalue weighted by Gasteiger charge is -2.51. The quantitative estimate of drug-likeness (QED) is 0.385.